The molecule has 0 N–H and O–H groups in total. The molecule has 0 radical (unpaired) electrons. The first kappa shape index (κ1) is 24.4. The fourth-order valence-corrected chi connectivity index (χ4v) is 4.80. The van der Waals surface area contributed by atoms with Gasteiger partial charge in [-0.25, -0.2) is 14.4 Å². The monoisotopic (exact) mass is 469 g/mol. The Morgan fingerprint density at radius 1 is 1.15 bits per heavy atom. The van der Waals surface area contributed by atoms with E-state index in [1.165, 1.54) is 63.2 Å². The summed E-state index contributed by atoms with van der Waals surface area (Å²) in [6.07, 6.45) is 9.96. The van der Waals surface area contributed by atoms with Crippen molar-refractivity contribution >= 4 is 11.7 Å². The minimum absolute atomic E-state index is 0.0239. The minimum Gasteiger partial charge on any atom is -0.451 e. The van der Waals surface area contributed by atoms with E-state index in [4.69, 9.17) is 4.74 Å². The van der Waals surface area contributed by atoms with Crippen LogP contribution in [0.4, 0.5) is 10.2 Å². The Morgan fingerprint density at radius 2 is 1.88 bits per heavy atom. The standard InChI is InChI=1S/C26H36FN5O2/c1-19(2)30(3)26(33)22-15-21(27)9-10-23(22)34-24-16-28-18-29-25(24)32-13-11-31(12-14-32)17-20-7-5-4-6-8-20/h9-10,15-16,18-20H,4-8,11-14,17H2,1-3H3. The summed E-state index contributed by atoms with van der Waals surface area (Å²) in [6.45, 7) is 8.69. The number of nitrogens with zero attached hydrogens (tertiary/aromatic N) is 5. The highest BCUT2D eigenvalue weighted by atomic mass is 19.1. The van der Waals surface area contributed by atoms with Crippen molar-refractivity contribution in [2.45, 2.75) is 52.0 Å². The molecule has 2 heterocycles. The second kappa shape index (κ2) is 11.1. The summed E-state index contributed by atoms with van der Waals surface area (Å²) in [4.78, 5) is 27.9. The summed E-state index contributed by atoms with van der Waals surface area (Å²) in [5, 5.41) is 0. The van der Waals surface area contributed by atoms with Crippen LogP contribution in [0.1, 0.15) is 56.3 Å². The lowest BCUT2D eigenvalue weighted by atomic mass is 9.89. The highest BCUT2D eigenvalue weighted by molar-refractivity contribution is 5.97. The third-order valence-electron chi connectivity index (χ3n) is 7.06. The van der Waals surface area contributed by atoms with Gasteiger partial charge in [0, 0.05) is 45.8 Å². The van der Waals surface area contributed by atoms with Crippen molar-refractivity contribution in [3.63, 3.8) is 0 Å². The molecule has 1 aliphatic carbocycles. The van der Waals surface area contributed by atoms with E-state index in [0.717, 1.165) is 32.1 Å². The van der Waals surface area contributed by atoms with E-state index in [2.05, 4.69) is 19.8 Å². The molecule has 0 spiro atoms. The van der Waals surface area contributed by atoms with E-state index in [1.807, 2.05) is 13.8 Å². The number of halogens is 1. The van der Waals surface area contributed by atoms with Crippen molar-refractivity contribution in [3.8, 4) is 11.5 Å². The second-order valence-corrected chi connectivity index (χ2v) is 9.75. The number of ether oxygens (including phenoxy) is 1. The van der Waals surface area contributed by atoms with Gasteiger partial charge in [-0.3, -0.25) is 9.69 Å². The second-order valence-electron chi connectivity index (χ2n) is 9.75. The number of rotatable bonds is 7. The van der Waals surface area contributed by atoms with Gasteiger partial charge in [0.25, 0.3) is 5.91 Å². The van der Waals surface area contributed by atoms with Crippen LogP contribution >= 0.6 is 0 Å². The molecule has 0 bridgehead atoms. The Morgan fingerprint density at radius 3 is 2.59 bits per heavy atom. The smallest absolute Gasteiger partial charge is 0.257 e. The predicted octanol–water partition coefficient (Wildman–Crippen LogP) is 4.59. The van der Waals surface area contributed by atoms with Crippen LogP contribution in [-0.4, -0.2) is 71.5 Å². The van der Waals surface area contributed by atoms with Gasteiger partial charge in [0.05, 0.1) is 11.8 Å². The van der Waals surface area contributed by atoms with Crippen LogP contribution in [-0.2, 0) is 0 Å². The summed E-state index contributed by atoms with van der Waals surface area (Å²) in [5.41, 5.74) is 0.184. The van der Waals surface area contributed by atoms with Gasteiger partial charge in [-0.2, -0.15) is 0 Å². The molecule has 1 aromatic carbocycles. The molecule has 7 nitrogen and oxygen atoms in total. The number of hydrogen-bond acceptors (Lipinski definition) is 6. The fourth-order valence-electron chi connectivity index (χ4n) is 4.80. The normalized spacial score (nSPS) is 17.7. The highest BCUT2D eigenvalue weighted by Gasteiger charge is 2.25. The van der Waals surface area contributed by atoms with Crippen molar-refractivity contribution in [1.29, 1.82) is 0 Å². The van der Waals surface area contributed by atoms with Crippen LogP contribution in [0.3, 0.4) is 0 Å². The maximum absolute atomic E-state index is 14.0. The summed E-state index contributed by atoms with van der Waals surface area (Å²) in [7, 11) is 1.70. The zero-order valence-electron chi connectivity index (χ0n) is 20.5. The van der Waals surface area contributed by atoms with E-state index in [-0.39, 0.29) is 17.5 Å². The van der Waals surface area contributed by atoms with Gasteiger partial charge in [0.2, 0.25) is 0 Å². The van der Waals surface area contributed by atoms with Crippen LogP contribution in [0.5, 0.6) is 11.5 Å². The molecule has 2 aromatic rings. The Bertz CT molecular complexity index is 971. The molecule has 2 fully saturated rings. The van der Waals surface area contributed by atoms with Crippen LogP contribution in [0.15, 0.2) is 30.7 Å². The van der Waals surface area contributed by atoms with Crippen molar-refractivity contribution in [3.05, 3.63) is 42.1 Å². The van der Waals surface area contributed by atoms with Gasteiger partial charge in [-0.05, 0) is 50.8 Å². The molecule has 1 saturated carbocycles. The van der Waals surface area contributed by atoms with Gasteiger partial charge < -0.3 is 14.5 Å². The molecule has 1 aliphatic heterocycles. The fraction of sp³-hybridized carbons (Fsp3) is 0.577. The maximum Gasteiger partial charge on any atom is 0.257 e. The molecule has 184 valence electrons. The third kappa shape index (κ3) is 5.84. The van der Waals surface area contributed by atoms with Gasteiger partial charge in [-0.1, -0.05) is 19.3 Å². The molecule has 2 aliphatic rings. The minimum atomic E-state index is -0.480. The third-order valence-corrected chi connectivity index (χ3v) is 7.06. The highest BCUT2D eigenvalue weighted by Crippen LogP contribution is 2.33. The molecule has 0 unspecified atom stereocenters. The van der Waals surface area contributed by atoms with E-state index >= 15 is 0 Å². The number of aromatic nitrogens is 2. The first-order valence-electron chi connectivity index (χ1n) is 12.4. The van der Waals surface area contributed by atoms with Crippen molar-refractivity contribution in [1.82, 2.24) is 19.8 Å². The number of benzene rings is 1. The van der Waals surface area contributed by atoms with Crippen molar-refractivity contribution in [2.24, 2.45) is 5.92 Å². The molecular formula is C26H36FN5O2. The maximum atomic E-state index is 14.0. The van der Waals surface area contributed by atoms with Crippen LogP contribution in [0.25, 0.3) is 0 Å². The average Bonchev–Trinajstić information content (AvgIpc) is 2.85. The van der Waals surface area contributed by atoms with E-state index < -0.39 is 5.82 Å². The van der Waals surface area contributed by atoms with E-state index in [1.54, 1.807) is 18.1 Å². The SMILES string of the molecule is CC(C)N(C)C(=O)c1cc(F)ccc1Oc1cncnc1N1CCN(CC2CCCCC2)CC1. The molecule has 1 saturated heterocycles. The Labute approximate surface area is 201 Å². The van der Waals surface area contributed by atoms with Gasteiger partial charge in [0.1, 0.15) is 17.9 Å². The number of carbonyl (C=O) groups excluding carboxylic acids is 1. The van der Waals surface area contributed by atoms with Crippen LogP contribution in [0, 0.1) is 11.7 Å². The number of piperazine rings is 1. The van der Waals surface area contributed by atoms with Crippen molar-refractivity contribution < 1.29 is 13.9 Å². The Balaban J connectivity index is 1.47. The topological polar surface area (TPSA) is 61.8 Å². The summed E-state index contributed by atoms with van der Waals surface area (Å²) in [6, 6.07) is 4.00. The number of hydrogen-bond donors (Lipinski definition) is 0. The first-order valence-corrected chi connectivity index (χ1v) is 12.4. The van der Waals surface area contributed by atoms with Gasteiger partial charge >= 0.3 is 0 Å². The lowest BCUT2D eigenvalue weighted by Crippen LogP contribution is -2.48. The molecule has 1 amide bonds. The number of anilines is 1. The first-order chi connectivity index (χ1) is 16.4. The largest absolute Gasteiger partial charge is 0.451 e. The van der Waals surface area contributed by atoms with Gasteiger partial charge in [-0.15, -0.1) is 0 Å². The number of amides is 1. The van der Waals surface area contributed by atoms with E-state index in [9.17, 15) is 9.18 Å². The zero-order valence-corrected chi connectivity index (χ0v) is 20.5. The lowest BCUT2D eigenvalue weighted by molar-refractivity contribution is 0.0751. The lowest BCUT2D eigenvalue weighted by Gasteiger charge is -2.38. The quantitative estimate of drug-likeness (QED) is 0.591. The zero-order chi connectivity index (χ0) is 24.1. The van der Waals surface area contributed by atoms with Crippen LogP contribution in [0.2, 0.25) is 0 Å². The van der Waals surface area contributed by atoms with Gasteiger partial charge in [0.15, 0.2) is 11.6 Å². The molecular weight excluding hydrogens is 433 g/mol. The predicted molar refractivity (Wildman–Crippen MR) is 131 cm³/mol. The van der Waals surface area contributed by atoms with Crippen molar-refractivity contribution in [2.75, 3.05) is 44.7 Å². The molecule has 34 heavy (non-hydrogen) atoms. The number of carbonyl (C=O) groups is 1. The Kier molecular flexibility index (Phi) is 7.98. The molecule has 4 rings (SSSR count). The molecule has 1 aromatic heterocycles. The summed E-state index contributed by atoms with van der Waals surface area (Å²) < 4.78 is 20.2. The Hall–Kier alpha value is -2.74. The molecule has 0 atom stereocenters. The average molecular weight is 470 g/mol. The van der Waals surface area contributed by atoms with Crippen LogP contribution < -0.4 is 9.64 Å². The summed E-state index contributed by atoms with van der Waals surface area (Å²) in [5.74, 6) is 1.52. The van der Waals surface area contributed by atoms with E-state index in [0.29, 0.717) is 17.3 Å². The summed E-state index contributed by atoms with van der Waals surface area (Å²) >= 11 is 0. The molecule has 8 heteroatoms.